The Morgan fingerprint density at radius 2 is 1.71 bits per heavy atom. The number of aromatic nitrogens is 3. The Balaban J connectivity index is 2.85. The van der Waals surface area contributed by atoms with Gasteiger partial charge in [0.15, 0.2) is 5.65 Å². The van der Waals surface area contributed by atoms with Crippen LogP contribution < -0.4 is 11.1 Å². The van der Waals surface area contributed by atoms with Gasteiger partial charge in [0, 0.05) is 18.5 Å². The lowest BCUT2D eigenvalue weighted by Crippen LogP contribution is -2.16. The molecule has 14 heavy (non-hydrogen) atoms. The first kappa shape index (κ1) is 7.25. The van der Waals surface area contributed by atoms with E-state index in [1.807, 2.05) is 0 Å². The molecule has 0 unspecified atom stereocenters. The maximum Gasteiger partial charge on any atom is 0.274 e. The molecule has 0 bridgehead atoms. The Hall–Kier alpha value is -2.17. The molecule has 68 valence electrons. The highest BCUT2D eigenvalue weighted by atomic mass is 16.1. The topological polar surface area (TPSA) is 55.8 Å². The van der Waals surface area contributed by atoms with Crippen LogP contribution >= 0.6 is 0 Å². The van der Waals surface area contributed by atoms with Crippen molar-refractivity contribution >= 4 is 11.2 Å². The average Bonchev–Trinajstić information content (AvgIpc) is 2.62. The van der Waals surface area contributed by atoms with E-state index in [0.717, 1.165) is 0 Å². The van der Waals surface area contributed by atoms with Gasteiger partial charge in [-0.15, -0.1) is 0 Å². The second kappa shape index (κ2) is 2.20. The highest BCUT2D eigenvalue weighted by Gasteiger charge is 2.06. The number of hydrogen-bond donors (Lipinski definition) is 0. The van der Waals surface area contributed by atoms with Crippen molar-refractivity contribution in [3.8, 4) is 0 Å². The van der Waals surface area contributed by atoms with Crippen LogP contribution in [0.3, 0.4) is 0 Å². The van der Waals surface area contributed by atoms with E-state index in [9.17, 15) is 9.59 Å². The summed E-state index contributed by atoms with van der Waals surface area (Å²) in [6.07, 6.45) is 4.37. The third-order valence-electron chi connectivity index (χ3n) is 2.22. The highest BCUT2D eigenvalue weighted by molar-refractivity contribution is 5.70. The summed E-state index contributed by atoms with van der Waals surface area (Å²) in [4.78, 5) is 26.7. The van der Waals surface area contributed by atoms with Crippen molar-refractivity contribution in [3.63, 3.8) is 0 Å². The van der Waals surface area contributed by atoms with Gasteiger partial charge in [-0.1, -0.05) is 0 Å². The van der Waals surface area contributed by atoms with Gasteiger partial charge in [0.1, 0.15) is 5.52 Å². The number of nitrogens with zero attached hydrogens (tertiary/aromatic N) is 3. The van der Waals surface area contributed by atoms with E-state index in [2.05, 4.69) is 4.98 Å². The monoisotopic (exact) mass is 187 g/mol. The van der Waals surface area contributed by atoms with Crippen LogP contribution in [-0.2, 0) is 0 Å². The zero-order chi connectivity index (χ0) is 9.71. The average molecular weight is 187 g/mol. The van der Waals surface area contributed by atoms with Crippen molar-refractivity contribution in [2.24, 2.45) is 0 Å². The van der Waals surface area contributed by atoms with Gasteiger partial charge in [-0.25, -0.2) is 4.98 Å². The Morgan fingerprint density at radius 3 is 2.50 bits per heavy atom. The van der Waals surface area contributed by atoms with E-state index in [-0.39, 0.29) is 11.1 Å². The highest BCUT2D eigenvalue weighted by Crippen LogP contribution is 2.05. The summed E-state index contributed by atoms with van der Waals surface area (Å²) in [7, 11) is 0. The predicted octanol–water partition coefficient (Wildman–Crippen LogP) is -0.255. The number of imidazole rings is 1. The molecule has 0 aliphatic heterocycles. The van der Waals surface area contributed by atoms with Gasteiger partial charge >= 0.3 is 0 Å². The fourth-order valence-corrected chi connectivity index (χ4v) is 1.59. The van der Waals surface area contributed by atoms with Crippen molar-refractivity contribution < 1.29 is 0 Å². The van der Waals surface area contributed by atoms with E-state index in [4.69, 9.17) is 0 Å². The minimum atomic E-state index is -0.231. The summed E-state index contributed by atoms with van der Waals surface area (Å²) < 4.78 is 2.81. The van der Waals surface area contributed by atoms with E-state index < -0.39 is 0 Å². The number of hydrogen-bond acceptors (Lipinski definition) is 3. The molecule has 0 aliphatic carbocycles. The maximum absolute atomic E-state index is 11.4. The largest absolute Gasteiger partial charge is 0.274 e. The maximum atomic E-state index is 11.4. The van der Waals surface area contributed by atoms with Crippen LogP contribution in [0, 0.1) is 0 Å². The van der Waals surface area contributed by atoms with E-state index in [1.165, 1.54) is 21.1 Å². The van der Waals surface area contributed by atoms with E-state index in [1.54, 1.807) is 18.5 Å². The van der Waals surface area contributed by atoms with Crippen LogP contribution in [0.15, 0.2) is 40.3 Å². The van der Waals surface area contributed by atoms with Gasteiger partial charge in [0.25, 0.3) is 11.1 Å². The lowest BCUT2D eigenvalue weighted by Gasteiger charge is -1.97. The molecule has 0 spiro atoms. The lowest BCUT2D eigenvalue weighted by atomic mass is 10.4. The molecule has 3 heterocycles. The van der Waals surface area contributed by atoms with Crippen LogP contribution in [0.4, 0.5) is 0 Å². The Bertz CT molecular complexity index is 667. The molecule has 3 aromatic heterocycles. The van der Waals surface area contributed by atoms with Crippen molar-refractivity contribution in [3.05, 3.63) is 51.4 Å². The molecule has 0 N–H and O–H groups in total. The molecule has 0 radical (unpaired) electrons. The number of pyridine rings is 1. The normalized spacial score (nSPS) is 11.4. The second-order valence-electron chi connectivity index (χ2n) is 3.02. The molecule has 0 aromatic carbocycles. The minimum absolute atomic E-state index is 0.160. The SMILES string of the molecule is O=c1ccc2ncc(=O)n3ccn1c23. The van der Waals surface area contributed by atoms with Crippen LogP contribution in [-0.4, -0.2) is 13.8 Å². The molecule has 5 heteroatoms. The van der Waals surface area contributed by atoms with Gasteiger partial charge in [-0.3, -0.25) is 18.4 Å². The molecular formula is C9H5N3O2. The zero-order valence-corrected chi connectivity index (χ0v) is 7.04. The standard InChI is InChI=1S/C9H5N3O2/c13-7-2-1-6-9-11(7)3-4-12(9)8(14)5-10-6/h1-5H. The van der Waals surface area contributed by atoms with Crippen LogP contribution in [0.5, 0.6) is 0 Å². The smallest absolute Gasteiger partial charge is 0.269 e. The molecule has 5 nitrogen and oxygen atoms in total. The summed E-state index contributed by atoms with van der Waals surface area (Å²) in [5, 5.41) is 0. The molecule has 3 rings (SSSR count). The number of rotatable bonds is 0. The summed E-state index contributed by atoms with van der Waals surface area (Å²) in [6, 6.07) is 3.04. The Kier molecular flexibility index (Phi) is 1.14. The second-order valence-corrected chi connectivity index (χ2v) is 3.02. The van der Waals surface area contributed by atoms with Gasteiger partial charge in [-0.2, -0.15) is 0 Å². The molecular weight excluding hydrogens is 182 g/mol. The van der Waals surface area contributed by atoms with Crippen LogP contribution in [0.1, 0.15) is 0 Å². The first-order chi connectivity index (χ1) is 6.77. The Morgan fingerprint density at radius 1 is 1.00 bits per heavy atom. The van der Waals surface area contributed by atoms with E-state index in [0.29, 0.717) is 11.2 Å². The van der Waals surface area contributed by atoms with Gasteiger partial charge in [0.2, 0.25) is 0 Å². The van der Waals surface area contributed by atoms with Crippen LogP contribution in [0.2, 0.25) is 0 Å². The van der Waals surface area contributed by atoms with E-state index >= 15 is 0 Å². The van der Waals surface area contributed by atoms with Gasteiger partial charge < -0.3 is 0 Å². The van der Waals surface area contributed by atoms with Crippen molar-refractivity contribution in [1.82, 2.24) is 13.8 Å². The molecule has 0 saturated carbocycles. The Labute approximate surface area is 77.2 Å². The molecule has 0 saturated heterocycles. The summed E-state index contributed by atoms with van der Waals surface area (Å²) in [6.45, 7) is 0. The minimum Gasteiger partial charge on any atom is -0.269 e. The van der Waals surface area contributed by atoms with Gasteiger partial charge in [0.05, 0.1) is 6.20 Å². The fourth-order valence-electron chi connectivity index (χ4n) is 1.59. The van der Waals surface area contributed by atoms with Gasteiger partial charge in [-0.05, 0) is 6.07 Å². The first-order valence-corrected chi connectivity index (χ1v) is 4.08. The fraction of sp³-hybridized carbons (Fsp3) is 0. The molecule has 0 aliphatic rings. The lowest BCUT2D eigenvalue weighted by molar-refractivity contribution is 1.04. The molecule has 0 atom stereocenters. The molecule has 3 aromatic rings. The zero-order valence-electron chi connectivity index (χ0n) is 7.04. The summed E-state index contributed by atoms with van der Waals surface area (Å²) in [5.74, 6) is 0. The third kappa shape index (κ3) is 0.711. The van der Waals surface area contributed by atoms with Crippen molar-refractivity contribution in [2.75, 3.05) is 0 Å². The summed E-state index contributed by atoms with van der Waals surface area (Å²) in [5.41, 5.74) is 0.775. The molecule has 0 amide bonds. The van der Waals surface area contributed by atoms with Crippen molar-refractivity contribution in [1.29, 1.82) is 0 Å². The summed E-state index contributed by atoms with van der Waals surface area (Å²) >= 11 is 0. The first-order valence-electron chi connectivity index (χ1n) is 4.08. The quantitative estimate of drug-likeness (QED) is 0.487. The predicted molar refractivity (Wildman–Crippen MR) is 49.9 cm³/mol. The van der Waals surface area contributed by atoms with Crippen molar-refractivity contribution in [2.45, 2.75) is 0 Å². The van der Waals surface area contributed by atoms with Crippen LogP contribution in [0.25, 0.3) is 11.2 Å². The third-order valence-corrected chi connectivity index (χ3v) is 2.22. The molecule has 0 fully saturated rings.